The number of hydrogen-bond donors (Lipinski definition) is 1. The van der Waals surface area contributed by atoms with Crippen LogP contribution in [0.15, 0.2) is 42.5 Å². The molecule has 1 saturated heterocycles. The molecule has 0 unspecified atom stereocenters. The van der Waals surface area contributed by atoms with E-state index in [9.17, 15) is 9.90 Å². The summed E-state index contributed by atoms with van der Waals surface area (Å²) in [6.07, 6.45) is 0. The van der Waals surface area contributed by atoms with Gasteiger partial charge in [0.15, 0.2) is 0 Å². The first-order chi connectivity index (χ1) is 11.6. The fourth-order valence-corrected chi connectivity index (χ4v) is 2.80. The molecule has 1 aliphatic rings. The second-order valence-corrected chi connectivity index (χ2v) is 5.96. The number of anilines is 2. The number of morpholine rings is 1. The van der Waals surface area contributed by atoms with E-state index in [-0.39, 0.29) is 5.56 Å². The molecule has 126 valence electrons. The van der Waals surface area contributed by atoms with Crippen LogP contribution in [0.5, 0.6) is 0 Å². The summed E-state index contributed by atoms with van der Waals surface area (Å²) in [5, 5.41) is 14.8. The second kappa shape index (κ2) is 7.36. The fraction of sp³-hybridized carbons (Fsp3) is 0.316. The van der Waals surface area contributed by atoms with Gasteiger partial charge in [0, 0.05) is 36.6 Å². The summed E-state index contributed by atoms with van der Waals surface area (Å²) in [5.41, 5.74) is 4.04. The smallest absolute Gasteiger partial charge is 0.0736 e. The number of carbonyl (C=O) groups excluding carboxylic acids is 1. The molecule has 3 rings (SSSR count). The summed E-state index contributed by atoms with van der Waals surface area (Å²) >= 11 is 0. The highest BCUT2D eigenvalue weighted by molar-refractivity contribution is 5.94. The highest BCUT2D eigenvalue weighted by Gasteiger charge is 2.15. The van der Waals surface area contributed by atoms with E-state index < -0.39 is 5.97 Å². The SMILES string of the molecule is Cc1ccc(CNc2ccc(N3CCOCC3)c(C(=O)[O-])c2)cc1. The van der Waals surface area contributed by atoms with Crippen LogP contribution in [-0.4, -0.2) is 32.3 Å². The number of carbonyl (C=O) groups is 1. The molecule has 5 heteroatoms. The van der Waals surface area contributed by atoms with Crippen molar-refractivity contribution in [3.05, 3.63) is 59.2 Å². The lowest BCUT2D eigenvalue weighted by atomic mass is 10.1. The summed E-state index contributed by atoms with van der Waals surface area (Å²) in [6.45, 7) is 5.30. The van der Waals surface area contributed by atoms with E-state index in [0.717, 1.165) is 11.3 Å². The predicted molar refractivity (Wildman–Crippen MR) is 92.3 cm³/mol. The minimum atomic E-state index is -1.16. The third-order valence-corrected chi connectivity index (χ3v) is 4.19. The molecule has 0 saturated carbocycles. The van der Waals surface area contributed by atoms with Crippen molar-refractivity contribution < 1.29 is 14.6 Å². The monoisotopic (exact) mass is 325 g/mol. The Hall–Kier alpha value is -2.53. The average Bonchev–Trinajstić information content (AvgIpc) is 2.62. The van der Waals surface area contributed by atoms with Crippen LogP contribution in [0.25, 0.3) is 0 Å². The van der Waals surface area contributed by atoms with Crippen molar-refractivity contribution in [1.29, 1.82) is 0 Å². The molecular weight excluding hydrogens is 304 g/mol. The molecule has 24 heavy (non-hydrogen) atoms. The molecular formula is C19H21N2O3-. The molecule has 1 fully saturated rings. The van der Waals surface area contributed by atoms with Crippen LogP contribution in [0.3, 0.4) is 0 Å². The number of nitrogens with zero attached hydrogens (tertiary/aromatic N) is 1. The van der Waals surface area contributed by atoms with Gasteiger partial charge in [-0.15, -0.1) is 0 Å². The number of nitrogens with one attached hydrogen (secondary N) is 1. The number of carboxylic acid groups (broad SMARTS) is 1. The Kier molecular flexibility index (Phi) is 5.01. The summed E-state index contributed by atoms with van der Waals surface area (Å²) in [4.78, 5) is 13.6. The van der Waals surface area contributed by atoms with Crippen molar-refractivity contribution in [1.82, 2.24) is 0 Å². The lowest BCUT2D eigenvalue weighted by Gasteiger charge is -2.31. The molecule has 1 aliphatic heterocycles. The van der Waals surface area contributed by atoms with Crippen molar-refractivity contribution in [2.45, 2.75) is 13.5 Å². The van der Waals surface area contributed by atoms with Gasteiger partial charge in [-0.05, 0) is 30.7 Å². The maximum atomic E-state index is 11.5. The van der Waals surface area contributed by atoms with Crippen molar-refractivity contribution in [2.24, 2.45) is 0 Å². The van der Waals surface area contributed by atoms with Crippen LogP contribution < -0.4 is 15.3 Å². The maximum Gasteiger partial charge on any atom is 0.0736 e. The Bertz CT molecular complexity index is 707. The molecule has 0 aromatic heterocycles. The van der Waals surface area contributed by atoms with E-state index >= 15 is 0 Å². The van der Waals surface area contributed by atoms with Crippen LogP contribution in [-0.2, 0) is 11.3 Å². The number of ether oxygens (including phenoxy) is 1. The lowest BCUT2D eigenvalue weighted by Crippen LogP contribution is -2.38. The zero-order chi connectivity index (χ0) is 16.9. The van der Waals surface area contributed by atoms with E-state index in [1.54, 1.807) is 6.07 Å². The van der Waals surface area contributed by atoms with Gasteiger partial charge in [-0.2, -0.15) is 0 Å². The van der Waals surface area contributed by atoms with E-state index in [1.807, 2.05) is 24.0 Å². The molecule has 2 aromatic rings. The zero-order valence-electron chi connectivity index (χ0n) is 13.7. The first-order valence-corrected chi connectivity index (χ1v) is 8.11. The molecule has 1 heterocycles. The standard InChI is InChI=1S/C19H22N2O3/c1-14-2-4-15(5-3-14)13-20-16-6-7-18(17(12-16)19(22)23)21-8-10-24-11-9-21/h2-7,12,20H,8-11,13H2,1H3,(H,22,23)/p-1. The summed E-state index contributed by atoms with van der Waals surface area (Å²) < 4.78 is 5.32. The van der Waals surface area contributed by atoms with Crippen LogP contribution in [0.1, 0.15) is 21.5 Å². The van der Waals surface area contributed by atoms with Gasteiger partial charge in [-0.25, -0.2) is 0 Å². The topological polar surface area (TPSA) is 64.6 Å². The van der Waals surface area contributed by atoms with Gasteiger partial charge in [0.1, 0.15) is 0 Å². The molecule has 1 N–H and O–H groups in total. The van der Waals surface area contributed by atoms with E-state index in [4.69, 9.17) is 4.74 Å². The van der Waals surface area contributed by atoms with Gasteiger partial charge < -0.3 is 24.9 Å². The Balaban J connectivity index is 1.75. The molecule has 0 amide bonds. The van der Waals surface area contributed by atoms with Gasteiger partial charge >= 0.3 is 0 Å². The first kappa shape index (κ1) is 16.3. The third-order valence-electron chi connectivity index (χ3n) is 4.19. The molecule has 0 atom stereocenters. The number of aromatic carboxylic acids is 1. The number of aryl methyl sites for hydroxylation is 1. The Morgan fingerprint density at radius 1 is 1.17 bits per heavy atom. The van der Waals surface area contributed by atoms with Gasteiger partial charge in [-0.1, -0.05) is 29.8 Å². The maximum absolute atomic E-state index is 11.5. The minimum Gasteiger partial charge on any atom is -0.545 e. The van der Waals surface area contributed by atoms with Gasteiger partial charge in [0.05, 0.1) is 19.2 Å². The predicted octanol–water partition coefficient (Wildman–Crippen LogP) is 1.81. The Morgan fingerprint density at radius 2 is 1.88 bits per heavy atom. The molecule has 0 bridgehead atoms. The second-order valence-electron chi connectivity index (χ2n) is 5.96. The van der Waals surface area contributed by atoms with Crippen molar-refractivity contribution in [2.75, 3.05) is 36.5 Å². The zero-order valence-corrected chi connectivity index (χ0v) is 13.7. The summed E-state index contributed by atoms with van der Waals surface area (Å²) in [6, 6.07) is 13.6. The molecule has 0 aliphatic carbocycles. The highest BCUT2D eigenvalue weighted by Crippen LogP contribution is 2.25. The number of benzene rings is 2. The fourth-order valence-electron chi connectivity index (χ4n) is 2.80. The number of carboxylic acids is 1. The van der Waals surface area contributed by atoms with E-state index in [0.29, 0.717) is 38.5 Å². The van der Waals surface area contributed by atoms with Gasteiger partial charge in [0.25, 0.3) is 0 Å². The number of rotatable bonds is 5. The van der Waals surface area contributed by atoms with Crippen LogP contribution in [0.2, 0.25) is 0 Å². The van der Waals surface area contributed by atoms with Crippen LogP contribution >= 0.6 is 0 Å². The summed E-state index contributed by atoms with van der Waals surface area (Å²) in [5.74, 6) is -1.16. The molecule has 2 aromatic carbocycles. The molecule has 0 spiro atoms. The lowest BCUT2D eigenvalue weighted by molar-refractivity contribution is -0.254. The number of hydrogen-bond acceptors (Lipinski definition) is 5. The average molecular weight is 325 g/mol. The van der Waals surface area contributed by atoms with Crippen LogP contribution in [0.4, 0.5) is 11.4 Å². The van der Waals surface area contributed by atoms with Crippen molar-refractivity contribution in [3.8, 4) is 0 Å². The first-order valence-electron chi connectivity index (χ1n) is 8.11. The van der Waals surface area contributed by atoms with Gasteiger partial charge in [0.2, 0.25) is 0 Å². The normalized spacial score (nSPS) is 14.5. The van der Waals surface area contributed by atoms with E-state index in [1.165, 1.54) is 5.56 Å². The largest absolute Gasteiger partial charge is 0.545 e. The molecule has 5 nitrogen and oxygen atoms in total. The van der Waals surface area contributed by atoms with Gasteiger partial charge in [-0.3, -0.25) is 0 Å². The Morgan fingerprint density at radius 3 is 2.54 bits per heavy atom. The highest BCUT2D eigenvalue weighted by atomic mass is 16.5. The third kappa shape index (κ3) is 3.86. The van der Waals surface area contributed by atoms with E-state index in [2.05, 4.69) is 29.6 Å². The Labute approximate surface area is 141 Å². The summed E-state index contributed by atoms with van der Waals surface area (Å²) in [7, 11) is 0. The van der Waals surface area contributed by atoms with Crippen molar-refractivity contribution in [3.63, 3.8) is 0 Å². The van der Waals surface area contributed by atoms with Crippen molar-refractivity contribution >= 4 is 17.3 Å². The quantitative estimate of drug-likeness (QED) is 0.908. The minimum absolute atomic E-state index is 0.214. The molecule has 0 radical (unpaired) electrons. The van der Waals surface area contributed by atoms with Crippen LogP contribution in [0, 0.1) is 6.92 Å².